The molecule has 2 N–H and O–H groups in total. The maximum Gasteiger partial charge on any atom is 0.249 e. The number of aliphatic hydroxyl groups excluding tert-OH is 1. The Bertz CT molecular complexity index is 482. The molecule has 0 spiro atoms. The van der Waals surface area contributed by atoms with Gasteiger partial charge in [0.25, 0.3) is 0 Å². The number of nitrogens with one attached hydrogen (secondary N) is 1. The molecule has 1 aromatic rings. The van der Waals surface area contributed by atoms with Gasteiger partial charge in [-0.05, 0) is 31.0 Å². The molecule has 0 radical (unpaired) electrons. The summed E-state index contributed by atoms with van der Waals surface area (Å²) in [7, 11) is 0. The number of hydrogen-bond donors (Lipinski definition) is 2. The monoisotopic (exact) mass is 262 g/mol. The molecule has 2 unspecified atom stereocenters. The third-order valence-electron chi connectivity index (χ3n) is 3.35. The molecule has 0 aromatic heterocycles. The molecule has 19 heavy (non-hydrogen) atoms. The van der Waals surface area contributed by atoms with Gasteiger partial charge in [0.15, 0.2) is 0 Å². The predicted molar refractivity (Wildman–Crippen MR) is 71.7 cm³/mol. The molecule has 0 saturated carbocycles. The Hall–Kier alpha value is -1.88. The second kappa shape index (κ2) is 5.40. The molecule has 2 atom stereocenters. The van der Waals surface area contributed by atoms with E-state index < -0.39 is 6.10 Å². The number of carbonyl (C=O) groups excluding carboxylic acids is 2. The summed E-state index contributed by atoms with van der Waals surface area (Å²) in [5.74, 6) is -0.535. The zero-order valence-corrected chi connectivity index (χ0v) is 11.1. The SMILES string of the molecule is CCC1C(=O)NC(=O)CN1c1ccc(C(C)O)cc1. The van der Waals surface area contributed by atoms with Gasteiger partial charge < -0.3 is 10.0 Å². The standard InChI is InChI=1S/C14H18N2O3/c1-3-12-14(19)15-13(18)8-16(12)11-6-4-10(5-7-11)9(2)17/h4-7,9,12,17H,3,8H2,1-2H3,(H,15,18,19). The zero-order chi connectivity index (χ0) is 14.0. The van der Waals surface area contributed by atoms with Crippen LogP contribution in [0.4, 0.5) is 5.69 Å². The lowest BCUT2D eigenvalue weighted by atomic mass is 10.1. The first kappa shape index (κ1) is 13.5. The van der Waals surface area contributed by atoms with Gasteiger partial charge in [-0.15, -0.1) is 0 Å². The first-order chi connectivity index (χ1) is 9.02. The molecule has 2 amide bonds. The predicted octanol–water partition coefficient (Wildman–Crippen LogP) is 0.981. The van der Waals surface area contributed by atoms with Crippen LogP contribution in [0.3, 0.4) is 0 Å². The lowest BCUT2D eigenvalue weighted by Crippen LogP contribution is -2.58. The fourth-order valence-corrected chi connectivity index (χ4v) is 2.29. The van der Waals surface area contributed by atoms with Crippen LogP contribution < -0.4 is 10.2 Å². The highest BCUT2D eigenvalue weighted by Gasteiger charge is 2.32. The van der Waals surface area contributed by atoms with E-state index in [1.54, 1.807) is 11.8 Å². The van der Waals surface area contributed by atoms with E-state index in [4.69, 9.17) is 0 Å². The minimum Gasteiger partial charge on any atom is -0.389 e. The van der Waals surface area contributed by atoms with Crippen molar-refractivity contribution < 1.29 is 14.7 Å². The van der Waals surface area contributed by atoms with Gasteiger partial charge in [0.1, 0.15) is 6.04 Å². The maximum absolute atomic E-state index is 11.8. The fourth-order valence-electron chi connectivity index (χ4n) is 2.29. The van der Waals surface area contributed by atoms with Crippen molar-refractivity contribution in [3.63, 3.8) is 0 Å². The third-order valence-corrected chi connectivity index (χ3v) is 3.35. The Morgan fingerprint density at radius 1 is 1.37 bits per heavy atom. The van der Waals surface area contributed by atoms with Crippen LogP contribution in [0.25, 0.3) is 0 Å². The van der Waals surface area contributed by atoms with E-state index in [0.29, 0.717) is 6.42 Å². The molecule has 102 valence electrons. The summed E-state index contributed by atoms with van der Waals surface area (Å²) in [6.07, 6.45) is 0.111. The molecule has 5 nitrogen and oxygen atoms in total. The molecular weight excluding hydrogens is 244 g/mol. The van der Waals surface area contributed by atoms with Crippen LogP contribution in [-0.4, -0.2) is 29.5 Å². The van der Waals surface area contributed by atoms with Gasteiger partial charge in [-0.25, -0.2) is 0 Å². The van der Waals surface area contributed by atoms with Crippen molar-refractivity contribution in [3.05, 3.63) is 29.8 Å². The molecular formula is C14H18N2O3. The van der Waals surface area contributed by atoms with E-state index in [0.717, 1.165) is 11.3 Å². The normalized spacial score (nSPS) is 21.2. The molecule has 1 heterocycles. The van der Waals surface area contributed by atoms with Crippen LogP contribution in [0.5, 0.6) is 0 Å². The number of nitrogens with zero attached hydrogens (tertiary/aromatic N) is 1. The molecule has 0 bridgehead atoms. The summed E-state index contributed by atoms with van der Waals surface area (Å²) < 4.78 is 0. The largest absolute Gasteiger partial charge is 0.389 e. The number of anilines is 1. The molecule has 1 saturated heterocycles. The Morgan fingerprint density at radius 3 is 2.53 bits per heavy atom. The second-order valence-corrected chi connectivity index (χ2v) is 4.73. The molecule has 1 aliphatic rings. The van der Waals surface area contributed by atoms with Crippen molar-refractivity contribution in [1.82, 2.24) is 5.32 Å². The number of rotatable bonds is 3. The summed E-state index contributed by atoms with van der Waals surface area (Å²) in [5, 5.41) is 11.8. The Balaban J connectivity index is 2.27. The fraction of sp³-hybridized carbons (Fsp3) is 0.429. The van der Waals surface area contributed by atoms with Crippen molar-refractivity contribution in [2.45, 2.75) is 32.4 Å². The van der Waals surface area contributed by atoms with Crippen LogP contribution in [0, 0.1) is 0 Å². The topological polar surface area (TPSA) is 69.6 Å². The van der Waals surface area contributed by atoms with Crippen LogP contribution >= 0.6 is 0 Å². The van der Waals surface area contributed by atoms with Gasteiger partial charge in [-0.3, -0.25) is 14.9 Å². The number of imide groups is 1. The Morgan fingerprint density at radius 2 is 2.00 bits per heavy atom. The summed E-state index contributed by atoms with van der Waals surface area (Å²) in [6.45, 7) is 3.79. The molecule has 0 aliphatic carbocycles. The molecule has 1 aliphatic heterocycles. The first-order valence-corrected chi connectivity index (χ1v) is 6.41. The van der Waals surface area contributed by atoms with Crippen LogP contribution in [0.2, 0.25) is 0 Å². The number of carbonyl (C=O) groups is 2. The molecule has 5 heteroatoms. The van der Waals surface area contributed by atoms with Gasteiger partial charge in [-0.2, -0.15) is 0 Å². The third kappa shape index (κ3) is 2.76. The minimum absolute atomic E-state index is 0.179. The average molecular weight is 262 g/mol. The minimum atomic E-state index is -0.526. The summed E-state index contributed by atoms with van der Waals surface area (Å²) in [6, 6.07) is 6.95. The van der Waals surface area contributed by atoms with Gasteiger partial charge in [-0.1, -0.05) is 19.1 Å². The van der Waals surface area contributed by atoms with Crippen molar-refractivity contribution in [3.8, 4) is 0 Å². The van der Waals surface area contributed by atoms with Crippen molar-refractivity contribution in [2.75, 3.05) is 11.4 Å². The van der Waals surface area contributed by atoms with E-state index in [2.05, 4.69) is 5.32 Å². The zero-order valence-electron chi connectivity index (χ0n) is 11.1. The number of aliphatic hydroxyl groups is 1. The summed E-state index contributed by atoms with van der Waals surface area (Å²) in [4.78, 5) is 25.1. The average Bonchev–Trinajstić information content (AvgIpc) is 2.38. The van der Waals surface area contributed by atoms with Crippen LogP contribution in [-0.2, 0) is 9.59 Å². The lowest BCUT2D eigenvalue weighted by molar-refractivity contribution is -0.132. The number of piperazine rings is 1. The van der Waals surface area contributed by atoms with Crippen LogP contribution in [0.15, 0.2) is 24.3 Å². The smallest absolute Gasteiger partial charge is 0.249 e. The highest BCUT2D eigenvalue weighted by molar-refractivity contribution is 6.04. The van der Waals surface area contributed by atoms with Crippen molar-refractivity contribution in [1.29, 1.82) is 0 Å². The molecule has 1 fully saturated rings. The summed E-state index contributed by atoms with van der Waals surface area (Å²) in [5.41, 5.74) is 1.63. The van der Waals surface area contributed by atoms with E-state index in [9.17, 15) is 14.7 Å². The molecule has 1 aromatic carbocycles. The Labute approximate surface area is 112 Å². The highest BCUT2D eigenvalue weighted by Crippen LogP contribution is 2.23. The van der Waals surface area contributed by atoms with Gasteiger partial charge in [0, 0.05) is 5.69 Å². The van der Waals surface area contributed by atoms with Gasteiger partial charge in [0.05, 0.1) is 12.6 Å². The second-order valence-electron chi connectivity index (χ2n) is 4.73. The van der Waals surface area contributed by atoms with E-state index in [1.807, 2.05) is 31.2 Å². The summed E-state index contributed by atoms with van der Waals surface area (Å²) >= 11 is 0. The maximum atomic E-state index is 11.8. The van der Waals surface area contributed by atoms with E-state index in [1.165, 1.54) is 0 Å². The Kier molecular flexibility index (Phi) is 3.85. The highest BCUT2D eigenvalue weighted by atomic mass is 16.3. The van der Waals surface area contributed by atoms with Gasteiger partial charge >= 0.3 is 0 Å². The quantitative estimate of drug-likeness (QED) is 0.797. The number of hydrogen-bond acceptors (Lipinski definition) is 4. The van der Waals surface area contributed by atoms with Crippen molar-refractivity contribution in [2.24, 2.45) is 0 Å². The number of amides is 2. The first-order valence-electron chi connectivity index (χ1n) is 6.41. The van der Waals surface area contributed by atoms with Crippen LogP contribution in [0.1, 0.15) is 31.9 Å². The van der Waals surface area contributed by atoms with Gasteiger partial charge in [0.2, 0.25) is 11.8 Å². The van der Waals surface area contributed by atoms with Crippen molar-refractivity contribution >= 4 is 17.5 Å². The van der Waals surface area contributed by atoms with E-state index >= 15 is 0 Å². The molecule has 2 rings (SSSR count). The lowest BCUT2D eigenvalue weighted by Gasteiger charge is -2.35. The number of benzene rings is 1. The van der Waals surface area contributed by atoms with E-state index in [-0.39, 0.29) is 24.4 Å².